The fourth-order valence-electron chi connectivity index (χ4n) is 2.86. The molecule has 3 heterocycles. The van der Waals surface area contributed by atoms with Crippen molar-refractivity contribution < 1.29 is 4.79 Å². The molecule has 4 nitrogen and oxygen atoms in total. The van der Waals surface area contributed by atoms with Gasteiger partial charge in [0.05, 0.1) is 0 Å². The van der Waals surface area contributed by atoms with Crippen LogP contribution < -0.4 is 5.32 Å². The maximum atomic E-state index is 12.2. The van der Waals surface area contributed by atoms with Crippen molar-refractivity contribution in [2.75, 3.05) is 19.6 Å². The lowest BCUT2D eigenvalue weighted by Gasteiger charge is -2.17. The van der Waals surface area contributed by atoms with Gasteiger partial charge in [0, 0.05) is 32.4 Å². The molecule has 1 aromatic rings. The molecule has 1 N–H and O–H groups in total. The van der Waals surface area contributed by atoms with Crippen LogP contribution in [0.5, 0.6) is 0 Å². The van der Waals surface area contributed by atoms with Crippen molar-refractivity contribution in [3.63, 3.8) is 0 Å². The zero-order valence-corrected chi connectivity index (χ0v) is 9.52. The molecule has 0 aliphatic carbocycles. The Morgan fingerprint density at radius 2 is 2.38 bits per heavy atom. The van der Waals surface area contributed by atoms with E-state index in [0.717, 1.165) is 25.3 Å². The molecule has 0 aromatic carbocycles. The number of nitrogens with zero attached hydrogens (tertiary/aromatic N) is 2. The van der Waals surface area contributed by atoms with Crippen LogP contribution in [0, 0.1) is 5.92 Å². The van der Waals surface area contributed by atoms with Gasteiger partial charge in [0.2, 0.25) is 0 Å². The molecule has 2 aliphatic heterocycles. The van der Waals surface area contributed by atoms with E-state index in [1.54, 1.807) is 0 Å². The Hall–Kier alpha value is -1.29. The van der Waals surface area contributed by atoms with Crippen LogP contribution in [0.15, 0.2) is 18.3 Å². The number of hydrogen-bond acceptors (Lipinski definition) is 2. The van der Waals surface area contributed by atoms with E-state index < -0.39 is 0 Å². The number of likely N-dealkylation sites (tertiary alicyclic amines) is 1. The van der Waals surface area contributed by atoms with Crippen molar-refractivity contribution in [3.8, 4) is 0 Å². The van der Waals surface area contributed by atoms with Crippen molar-refractivity contribution in [2.45, 2.75) is 12.5 Å². The van der Waals surface area contributed by atoms with Crippen LogP contribution in [-0.2, 0) is 7.05 Å². The molecule has 3 rings (SSSR count). The van der Waals surface area contributed by atoms with E-state index in [1.165, 1.54) is 6.42 Å². The summed E-state index contributed by atoms with van der Waals surface area (Å²) in [6.45, 7) is 2.90. The summed E-state index contributed by atoms with van der Waals surface area (Å²) in [5.74, 6) is 0.841. The number of carbonyl (C=O) groups is 1. The van der Waals surface area contributed by atoms with Crippen molar-refractivity contribution in [3.05, 3.63) is 24.0 Å². The molecule has 0 saturated carbocycles. The number of aryl methyl sites for hydroxylation is 1. The van der Waals surface area contributed by atoms with Gasteiger partial charge < -0.3 is 14.8 Å². The average molecular weight is 219 g/mol. The molecule has 1 amide bonds. The number of hydrogen-bond donors (Lipinski definition) is 1. The lowest BCUT2D eigenvalue weighted by molar-refractivity contribution is 0.0773. The van der Waals surface area contributed by atoms with Gasteiger partial charge in [-0.15, -0.1) is 0 Å². The van der Waals surface area contributed by atoms with E-state index >= 15 is 0 Å². The van der Waals surface area contributed by atoms with Gasteiger partial charge in [0.1, 0.15) is 5.69 Å². The predicted octanol–water partition coefficient (Wildman–Crippen LogP) is 0.459. The lowest BCUT2D eigenvalue weighted by atomic mass is 10.1. The Balaban J connectivity index is 1.75. The first kappa shape index (κ1) is 9.90. The summed E-state index contributed by atoms with van der Waals surface area (Å²) in [5, 5.41) is 3.46. The number of amides is 1. The van der Waals surface area contributed by atoms with E-state index in [-0.39, 0.29) is 5.91 Å². The predicted molar refractivity (Wildman–Crippen MR) is 61.2 cm³/mol. The van der Waals surface area contributed by atoms with Crippen LogP contribution in [-0.4, -0.2) is 41.1 Å². The zero-order chi connectivity index (χ0) is 11.1. The van der Waals surface area contributed by atoms with Gasteiger partial charge in [-0.3, -0.25) is 4.79 Å². The Labute approximate surface area is 95.2 Å². The Morgan fingerprint density at radius 3 is 3.06 bits per heavy atom. The fraction of sp³-hybridized carbons (Fsp3) is 0.583. The molecular weight excluding hydrogens is 202 g/mol. The Kier molecular flexibility index (Phi) is 2.24. The first-order chi connectivity index (χ1) is 7.75. The standard InChI is InChI=1S/C12H17N3O/c1-14-6-2-3-11(14)12(16)15-7-9-4-5-13-10(9)8-15/h2-3,6,9-10,13H,4-5,7-8H2,1H3/t9-,10+/m1/s1. The highest BCUT2D eigenvalue weighted by Gasteiger charge is 2.38. The van der Waals surface area contributed by atoms with E-state index in [4.69, 9.17) is 0 Å². The van der Waals surface area contributed by atoms with Crippen LogP contribution in [0.4, 0.5) is 0 Å². The third kappa shape index (κ3) is 1.45. The highest BCUT2D eigenvalue weighted by atomic mass is 16.2. The smallest absolute Gasteiger partial charge is 0.270 e. The summed E-state index contributed by atoms with van der Waals surface area (Å²) in [6.07, 6.45) is 3.13. The van der Waals surface area contributed by atoms with Gasteiger partial charge in [0.25, 0.3) is 5.91 Å². The molecule has 2 saturated heterocycles. The topological polar surface area (TPSA) is 37.3 Å². The molecule has 0 unspecified atom stereocenters. The van der Waals surface area contributed by atoms with E-state index in [1.807, 2.05) is 34.8 Å². The largest absolute Gasteiger partial charge is 0.347 e. The highest BCUT2D eigenvalue weighted by Crippen LogP contribution is 2.25. The summed E-state index contributed by atoms with van der Waals surface area (Å²) in [6, 6.07) is 4.34. The van der Waals surface area contributed by atoms with Crippen LogP contribution in [0.1, 0.15) is 16.9 Å². The second-order valence-electron chi connectivity index (χ2n) is 4.82. The van der Waals surface area contributed by atoms with Crippen molar-refractivity contribution in [2.24, 2.45) is 13.0 Å². The highest BCUT2D eigenvalue weighted by molar-refractivity contribution is 5.93. The first-order valence-corrected chi connectivity index (χ1v) is 5.89. The number of rotatable bonds is 1. The molecule has 1 aromatic heterocycles. The maximum Gasteiger partial charge on any atom is 0.270 e. The van der Waals surface area contributed by atoms with Crippen molar-refractivity contribution >= 4 is 5.91 Å². The molecule has 86 valence electrons. The normalized spacial score (nSPS) is 28.4. The minimum Gasteiger partial charge on any atom is -0.347 e. The van der Waals surface area contributed by atoms with E-state index in [9.17, 15) is 4.79 Å². The van der Waals surface area contributed by atoms with Crippen molar-refractivity contribution in [1.29, 1.82) is 0 Å². The number of fused-ring (bicyclic) bond motifs is 1. The van der Waals surface area contributed by atoms with Crippen LogP contribution in [0.2, 0.25) is 0 Å². The van der Waals surface area contributed by atoms with Gasteiger partial charge in [-0.2, -0.15) is 0 Å². The summed E-state index contributed by atoms with van der Waals surface area (Å²) in [4.78, 5) is 14.2. The molecule has 0 spiro atoms. The first-order valence-electron chi connectivity index (χ1n) is 5.89. The van der Waals surface area contributed by atoms with E-state index in [2.05, 4.69) is 5.32 Å². The summed E-state index contributed by atoms with van der Waals surface area (Å²) in [5.41, 5.74) is 0.792. The SMILES string of the molecule is Cn1cccc1C(=O)N1C[C@H]2CCN[C@H]2C1. The van der Waals surface area contributed by atoms with Gasteiger partial charge in [-0.1, -0.05) is 0 Å². The number of nitrogens with one attached hydrogen (secondary N) is 1. The quantitative estimate of drug-likeness (QED) is 0.745. The second-order valence-corrected chi connectivity index (χ2v) is 4.82. The molecule has 2 fully saturated rings. The van der Waals surface area contributed by atoms with Crippen molar-refractivity contribution in [1.82, 2.24) is 14.8 Å². The second kappa shape index (κ2) is 3.63. The molecule has 4 heteroatoms. The van der Waals surface area contributed by atoms with Gasteiger partial charge >= 0.3 is 0 Å². The van der Waals surface area contributed by atoms with Crippen LogP contribution in [0.3, 0.4) is 0 Å². The van der Waals surface area contributed by atoms with Gasteiger partial charge in [-0.25, -0.2) is 0 Å². The summed E-state index contributed by atoms with van der Waals surface area (Å²) in [7, 11) is 1.92. The molecule has 2 atom stereocenters. The van der Waals surface area contributed by atoms with Gasteiger partial charge in [-0.05, 0) is 31.0 Å². The Bertz CT molecular complexity index is 400. The molecule has 2 aliphatic rings. The van der Waals surface area contributed by atoms with E-state index in [0.29, 0.717) is 12.0 Å². The number of aromatic nitrogens is 1. The summed E-state index contributed by atoms with van der Waals surface area (Å²) >= 11 is 0. The minimum absolute atomic E-state index is 0.170. The third-order valence-electron chi connectivity index (χ3n) is 3.81. The Morgan fingerprint density at radius 1 is 1.50 bits per heavy atom. The molecule has 0 radical (unpaired) electrons. The number of carbonyl (C=O) groups excluding carboxylic acids is 1. The molecule has 16 heavy (non-hydrogen) atoms. The minimum atomic E-state index is 0.170. The van der Waals surface area contributed by atoms with Crippen LogP contribution >= 0.6 is 0 Å². The average Bonchev–Trinajstić information content (AvgIpc) is 2.89. The van der Waals surface area contributed by atoms with Gasteiger partial charge in [0.15, 0.2) is 0 Å². The molecule has 0 bridgehead atoms. The fourth-order valence-corrected chi connectivity index (χ4v) is 2.86. The van der Waals surface area contributed by atoms with Crippen LogP contribution in [0.25, 0.3) is 0 Å². The monoisotopic (exact) mass is 219 g/mol. The molecular formula is C12H17N3O. The maximum absolute atomic E-state index is 12.2. The third-order valence-corrected chi connectivity index (χ3v) is 3.81. The lowest BCUT2D eigenvalue weighted by Crippen LogP contribution is -2.34. The summed E-state index contributed by atoms with van der Waals surface area (Å²) < 4.78 is 1.89. The zero-order valence-electron chi connectivity index (χ0n) is 9.52.